The molecule has 0 atom stereocenters. The van der Waals surface area contributed by atoms with E-state index in [2.05, 4.69) is 261 Å². The number of hydrogen-bond donors (Lipinski definition) is 0. The van der Waals surface area contributed by atoms with Crippen molar-refractivity contribution in [3.8, 4) is 28.2 Å². The Balaban J connectivity index is 0.970. The number of nitrogens with zero attached hydrogens (tertiary/aromatic N) is 4. The van der Waals surface area contributed by atoms with Gasteiger partial charge in [-0.25, -0.2) is 0 Å². The maximum Gasteiger partial charge on any atom is 0.0561 e. The van der Waals surface area contributed by atoms with E-state index in [9.17, 15) is 0 Å². The standard InChI is InChI=1S/C60H40N4/c1-4-17-43(18-5-1)61(44-19-6-2-7-20-44)46-23-16-24-47(39-46)64-55-28-13-10-25-49(55)52-34-33-48(40-60(52)64)63-57-30-15-12-27-51(57)54-38-42(32-36-59(54)63)41-31-35-58-53(37-41)50-26-11-14-29-56(50)62(58)45-21-8-3-9-22-45/h1-40H. The second-order valence-corrected chi connectivity index (χ2v) is 16.6. The predicted molar refractivity (Wildman–Crippen MR) is 270 cm³/mol. The van der Waals surface area contributed by atoms with Crippen LogP contribution in [0.5, 0.6) is 0 Å². The Bertz CT molecular complexity index is 3850. The van der Waals surface area contributed by atoms with Gasteiger partial charge in [-0.1, -0.05) is 133 Å². The monoisotopic (exact) mass is 816 g/mol. The summed E-state index contributed by atoms with van der Waals surface area (Å²) in [5.41, 5.74) is 16.2. The summed E-state index contributed by atoms with van der Waals surface area (Å²) in [6, 6.07) is 88.1. The van der Waals surface area contributed by atoms with Gasteiger partial charge in [0.25, 0.3) is 0 Å². The van der Waals surface area contributed by atoms with Crippen molar-refractivity contribution in [3.63, 3.8) is 0 Å². The normalized spacial score (nSPS) is 11.8. The third kappa shape index (κ3) is 5.63. The minimum Gasteiger partial charge on any atom is -0.310 e. The highest BCUT2D eigenvalue weighted by Crippen LogP contribution is 2.41. The summed E-state index contributed by atoms with van der Waals surface area (Å²) in [4.78, 5) is 2.33. The van der Waals surface area contributed by atoms with Crippen LogP contribution < -0.4 is 4.90 Å². The summed E-state index contributed by atoms with van der Waals surface area (Å²) in [5, 5.41) is 7.42. The lowest BCUT2D eigenvalue weighted by Gasteiger charge is -2.26. The zero-order valence-electron chi connectivity index (χ0n) is 34.9. The Morgan fingerprint density at radius 1 is 0.219 bits per heavy atom. The highest BCUT2D eigenvalue weighted by atomic mass is 15.1. The van der Waals surface area contributed by atoms with Crippen molar-refractivity contribution in [1.29, 1.82) is 0 Å². The van der Waals surface area contributed by atoms with Gasteiger partial charge >= 0.3 is 0 Å². The summed E-state index contributed by atoms with van der Waals surface area (Å²) in [6.45, 7) is 0. The first-order valence-electron chi connectivity index (χ1n) is 21.9. The molecule has 0 unspecified atom stereocenters. The molecule has 0 spiro atoms. The molecule has 4 nitrogen and oxygen atoms in total. The van der Waals surface area contributed by atoms with Crippen molar-refractivity contribution in [3.05, 3.63) is 243 Å². The topological polar surface area (TPSA) is 18.0 Å². The molecule has 13 rings (SSSR count). The Hall–Kier alpha value is -8.60. The van der Waals surface area contributed by atoms with Crippen LogP contribution in [0.3, 0.4) is 0 Å². The van der Waals surface area contributed by atoms with E-state index < -0.39 is 0 Å². The summed E-state index contributed by atoms with van der Waals surface area (Å²) >= 11 is 0. The Morgan fingerprint density at radius 2 is 0.609 bits per heavy atom. The van der Waals surface area contributed by atoms with Crippen LogP contribution in [-0.2, 0) is 0 Å². The molecule has 0 aliphatic rings. The Kier molecular flexibility index (Phi) is 8.18. The van der Waals surface area contributed by atoms with Crippen LogP contribution >= 0.6 is 0 Å². The first-order valence-corrected chi connectivity index (χ1v) is 21.9. The molecule has 4 heteroatoms. The third-order valence-electron chi connectivity index (χ3n) is 13.0. The lowest BCUT2D eigenvalue weighted by atomic mass is 10.0. The number of hydrogen-bond acceptors (Lipinski definition) is 1. The zero-order chi connectivity index (χ0) is 42.1. The summed E-state index contributed by atoms with van der Waals surface area (Å²) in [7, 11) is 0. The van der Waals surface area contributed by atoms with Gasteiger partial charge in [0.15, 0.2) is 0 Å². The van der Waals surface area contributed by atoms with Gasteiger partial charge in [0.2, 0.25) is 0 Å². The van der Waals surface area contributed by atoms with E-state index in [0.717, 1.165) is 34.0 Å². The molecule has 3 aromatic heterocycles. The van der Waals surface area contributed by atoms with Gasteiger partial charge in [-0.2, -0.15) is 0 Å². The molecule has 0 fully saturated rings. The largest absolute Gasteiger partial charge is 0.310 e. The fourth-order valence-electron chi connectivity index (χ4n) is 10.2. The first-order chi connectivity index (χ1) is 31.8. The van der Waals surface area contributed by atoms with Gasteiger partial charge in [0.1, 0.15) is 0 Å². The minimum atomic E-state index is 1.09. The van der Waals surface area contributed by atoms with Gasteiger partial charge in [-0.3, -0.25) is 0 Å². The minimum absolute atomic E-state index is 1.09. The molecule has 0 N–H and O–H groups in total. The first kappa shape index (κ1) is 36.1. The average molecular weight is 817 g/mol. The molecule has 0 aliphatic carbocycles. The molecule has 10 aromatic carbocycles. The van der Waals surface area contributed by atoms with Crippen molar-refractivity contribution in [2.75, 3.05) is 4.90 Å². The van der Waals surface area contributed by atoms with Crippen molar-refractivity contribution in [2.24, 2.45) is 0 Å². The molecule has 0 aliphatic heterocycles. The van der Waals surface area contributed by atoms with E-state index in [1.54, 1.807) is 0 Å². The van der Waals surface area contributed by atoms with Crippen molar-refractivity contribution >= 4 is 82.5 Å². The molecule has 0 radical (unpaired) electrons. The summed E-state index contributed by atoms with van der Waals surface area (Å²) in [5.74, 6) is 0. The van der Waals surface area contributed by atoms with Gasteiger partial charge in [-0.15, -0.1) is 0 Å². The number of rotatable bonds is 7. The molecule has 0 saturated heterocycles. The van der Waals surface area contributed by atoms with Gasteiger partial charge in [-0.05, 0) is 120 Å². The maximum atomic E-state index is 2.44. The van der Waals surface area contributed by atoms with Crippen LogP contribution in [0.4, 0.5) is 17.1 Å². The number of benzene rings is 10. The van der Waals surface area contributed by atoms with E-state index >= 15 is 0 Å². The second kappa shape index (κ2) is 14.5. The second-order valence-electron chi connectivity index (χ2n) is 16.6. The van der Waals surface area contributed by atoms with E-state index in [0.29, 0.717) is 0 Å². The van der Waals surface area contributed by atoms with E-state index in [1.165, 1.54) is 76.7 Å². The lowest BCUT2D eigenvalue weighted by molar-refractivity contribution is 1.15. The zero-order valence-corrected chi connectivity index (χ0v) is 34.9. The number of fused-ring (bicyclic) bond motifs is 9. The van der Waals surface area contributed by atoms with Crippen LogP contribution in [0.1, 0.15) is 0 Å². The van der Waals surface area contributed by atoms with Crippen LogP contribution in [-0.4, -0.2) is 13.7 Å². The Labute approximate surface area is 370 Å². The van der Waals surface area contributed by atoms with Crippen LogP contribution in [0, 0.1) is 0 Å². The summed E-state index contributed by atoms with van der Waals surface area (Å²) < 4.78 is 7.25. The van der Waals surface area contributed by atoms with Crippen molar-refractivity contribution in [2.45, 2.75) is 0 Å². The number of para-hydroxylation sites is 6. The molecule has 300 valence electrons. The molecule has 0 amide bonds. The molecule has 64 heavy (non-hydrogen) atoms. The smallest absolute Gasteiger partial charge is 0.0561 e. The van der Waals surface area contributed by atoms with Crippen LogP contribution in [0.2, 0.25) is 0 Å². The molecule has 13 aromatic rings. The third-order valence-corrected chi connectivity index (χ3v) is 13.0. The van der Waals surface area contributed by atoms with Crippen molar-refractivity contribution in [1.82, 2.24) is 13.7 Å². The van der Waals surface area contributed by atoms with Gasteiger partial charge in [0.05, 0.1) is 33.1 Å². The lowest BCUT2D eigenvalue weighted by Crippen LogP contribution is -2.10. The van der Waals surface area contributed by atoms with Gasteiger partial charge < -0.3 is 18.6 Å². The molecule has 0 saturated carbocycles. The quantitative estimate of drug-likeness (QED) is 0.157. The van der Waals surface area contributed by atoms with E-state index in [1.807, 2.05) is 0 Å². The average Bonchev–Trinajstić information content (AvgIpc) is 4.00. The molecule has 0 bridgehead atoms. The molecule has 3 heterocycles. The molecular formula is C60H40N4. The fourth-order valence-corrected chi connectivity index (χ4v) is 10.2. The highest BCUT2D eigenvalue weighted by Gasteiger charge is 2.20. The van der Waals surface area contributed by atoms with Crippen LogP contribution in [0.15, 0.2) is 243 Å². The van der Waals surface area contributed by atoms with E-state index in [-0.39, 0.29) is 0 Å². The fraction of sp³-hybridized carbons (Fsp3) is 0. The Morgan fingerprint density at radius 3 is 1.17 bits per heavy atom. The van der Waals surface area contributed by atoms with Gasteiger partial charge in [0, 0.05) is 66.4 Å². The van der Waals surface area contributed by atoms with Crippen LogP contribution in [0.25, 0.3) is 93.6 Å². The molecular weight excluding hydrogens is 777 g/mol. The number of aromatic nitrogens is 3. The maximum absolute atomic E-state index is 2.44. The SMILES string of the molecule is c1ccc(N(c2ccccc2)c2cccc(-n3c4ccccc4c4ccc(-n5c6ccccc6c6cc(-c7ccc8c(c7)c7ccccc7n8-c7ccccc7)ccc65)cc43)c2)cc1. The van der Waals surface area contributed by atoms with Crippen molar-refractivity contribution < 1.29 is 0 Å². The highest BCUT2D eigenvalue weighted by molar-refractivity contribution is 6.14. The van der Waals surface area contributed by atoms with E-state index in [4.69, 9.17) is 0 Å². The summed E-state index contributed by atoms with van der Waals surface area (Å²) in [6.07, 6.45) is 0. The predicted octanol–water partition coefficient (Wildman–Crippen LogP) is 16.1. The number of anilines is 3.